The van der Waals surface area contributed by atoms with E-state index in [-0.39, 0.29) is 23.7 Å². The average molecular weight is 265 g/mol. The number of rotatable bonds is 4. The molecular formula is C16H11NO3. The Labute approximate surface area is 115 Å². The number of carbonyl (C=O) groups excluding carboxylic acids is 2. The molecule has 2 aromatic heterocycles. The van der Waals surface area contributed by atoms with Crippen LogP contribution in [-0.4, -0.2) is 16.6 Å². The number of pyridine rings is 1. The SMILES string of the molecule is O=C(CC(=O)c1cc2ccccc2o1)c1cccnc1. The number of carbonyl (C=O) groups is 2. The van der Waals surface area contributed by atoms with Gasteiger partial charge >= 0.3 is 0 Å². The highest BCUT2D eigenvalue weighted by Crippen LogP contribution is 2.20. The van der Waals surface area contributed by atoms with Crippen LogP contribution in [0.5, 0.6) is 0 Å². The number of furan rings is 1. The highest BCUT2D eigenvalue weighted by molar-refractivity contribution is 6.13. The highest BCUT2D eigenvalue weighted by atomic mass is 16.3. The number of aromatic nitrogens is 1. The third-order valence-electron chi connectivity index (χ3n) is 3.00. The second-order valence-electron chi connectivity index (χ2n) is 4.41. The fraction of sp³-hybridized carbons (Fsp3) is 0.0625. The summed E-state index contributed by atoms with van der Waals surface area (Å²) in [6.07, 6.45) is 2.82. The van der Waals surface area contributed by atoms with E-state index in [1.54, 1.807) is 30.5 Å². The molecule has 0 radical (unpaired) electrons. The van der Waals surface area contributed by atoms with E-state index in [1.807, 2.05) is 18.2 Å². The number of para-hydroxylation sites is 1. The molecule has 0 saturated heterocycles. The number of Topliss-reactive ketones (excluding diaryl/α,β-unsaturated/α-hetero) is 2. The van der Waals surface area contributed by atoms with Gasteiger partial charge in [-0.25, -0.2) is 0 Å². The zero-order valence-corrected chi connectivity index (χ0v) is 10.6. The quantitative estimate of drug-likeness (QED) is 0.536. The van der Waals surface area contributed by atoms with Gasteiger partial charge in [-0.1, -0.05) is 18.2 Å². The molecule has 0 N–H and O–H groups in total. The van der Waals surface area contributed by atoms with Crippen molar-refractivity contribution in [2.24, 2.45) is 0 Å². The first kappa shape index (κ1) is 12.3. The Morgan fingerprint density at radius 2 is 1.90 bits per heavy atom. The van der Waals surface area contributed by atoms with Crippen LogP contribution in [0.1, 0.15) is 27.3 Å². The Hall–Kier alpha value is -2.75. The van der Waals surface area contributed by atoms with Gasteiger partial charge in [0.1, 0.15) is 5.58 Å². The van der Waals surface area contributed by atoms with Crippen molar-refractivity contribution in [3.63, 3.8) is 0 Å². The van der Waals surface area contributed by atoms with E-state index in [4.69, 9.17) is 4.42 Å². The number of benzene rings is 1. The Morgan fingerprint density at radius 3 is 2.65 bits per heavy atom. The molecule has 20 heavy (non-hydrogen) atoms. The minimum absolute atomic E-state index is 0.212. The summed E-state index contributed by atoms with van der Waals surface area (Å²) in [4.78, 5) is 27.9. The normalized spacial score (nSPS) is 10.6. The van der Waals surface area contributed by atoms with Gasteiger partial charge in [-0.3, -0.25) is 14.6 Å². The van der Waals surface area contributed by atoms with E-state index in [0.29, 0.717) is 11.1 Å². The Balaban J connectivity index is 1.81. The fourth-order valence-corrected chi connectivity index (χ4v) is 1.98. The molecule has 0 fully saturated rings. The second-order valence-corrected chi connectivity index (χ2v) is 4.41. The van der Waals surface area contributed by atoms with Crippen molar-refractivity contribution < 1.29 is 14.0 Å². The highest BCUT2D eigenvalue weighted by Gasteiger charge is 2.17. The summed E-state index contributed by atoms with van der Waals surface area (Å²) in [6.45, 7) is 0. The Morgan fingerprint density at radius 1 is 1.05 bits per heavy atom. The Bertz CT molecular complexity index is 742. The van der Waals surface area contributed by atoms with E-state index in [9.17, 15) is 9.59 Å². The van der Waals surface area contributed by atoms with Crippen LogP contribution in [0.2, 0.25) is 0 Å². The zero-order valence-electron chi connectivity index (χ0n) is 10.6. The predicted octanol–water partition coefficient (Wildman–Crippen LogP) is 3.28. The summed E-state index contributed by atoms with van der Waals surface area (Å²) in [5.74, 6) is -0.373. The van der Waals surface area contributed by atoms with Crippen LogP contribution in [0.15, 0.2) is 59.3 Å². The van der Waals surface area contributed by atoms with E-state index in [2.05, 4.69) is 4.98 Å². The molecule has 0 aliphatic rings. The van der Waals surface area contributed by atoms with Crippen molar-refractivity contribution >= 4 is 22.5 Å². The Kier molecular flexibility index (Phi) is 3.13. The van der Waals surface area contributed by atoms with Crippen LogP contribution >= 0.6 is 0 Å². The number of ketones is 2. The molecule has 4 nitrogen and oxygen atoms in total. The van der Waals surface area contributed by atoms with Gasteiger partial charge in [0, 0.05) is 23.3 Å². The molecular weight excluding hydrogens is 254 g/mol. The largest absolute Gasteiger partial charge is 0.453 e. The van der Waals surface area contributed by atoms with Crippen LogP contribution in [0.3, 0.4) is 0 Å². The number of nitrogens with zero attached hydrogens (tertiary/aromatic N) is 1. The summed E-state index contributed by atoms with van der Waals surface area (Å²) >= 11 is 0. The third kappa shape index (κ3) is 2.36. The van der Waals surface area contributed by atoms with Gasteiger partial charge in [-0.15, -0.1) is 0 Å². The van der Waals surface area contributed by atoms with Crippen molar-refractivity contribution in [2.45, 2.75) is 6.42 Å². The number of fused-ring (bicyclic) bond motifs is 1. The van der Waals surface area contributed by atoms with Gasteiger partial charge in [-0.2, -0.15) is 0 Å². The standard InChI is InChI=1S/C16H11NO3/c18-13(12-5-3-7-17-10-12)9-14(19)16-8-11-4-1-2-6-15(11)20-16/h1-8,10H,9H2. The first-order valence-corrected chi connectivity index (χ1v) is 6.19. The molecule has 0 aliphatic heterocycles. The summed E-state index contributed by atoms with van der Waals surface area (Å²) < 4.78 is 5.45. The molecule has 0 saturated carbocycles. The molecule has 2 heterocycles. The molecule has 0 unspecified atom stereocenters. The summed E-state index contributed by atoms with van der Waals surface area (Å²) in [6, 6.07) is 12.3. The number of hydrogen-bond acceptors (Lipinski definition) is 4. The van der Waals surface area contributed by atoms with E-state index in [0.717, 1.165) is 5.39 Å². The molecule has 3 rings (SSSR count). The van der Waals surface area contributed by atoms with Gasteiger partial charge in [0.05, 0.1) is 6.42 Å². The molecule has 3 aromatic rings. The fourth-order valence-electron chi connectivity index (χ4n) is 1.98. The molecule has 0 amide bonds. The maximum atomic E-state index is 12.1. The molecule has 1 aromatic carbocycles. The van der Waals surface area contributed by atoms with Crippen LogP contribution in [0.25, 0.3) is 11.0 Å². The predicted molar refractivity (Wildman–Crippen MR) is 73.7 cm³/mol. The van der Waals surface area contributed by atoms with E-state index < -0.39 is 0 Å². The lowest BCUT2D eigenvalue weighted by Crippen LogP contribution is -2.08. The summed E-state index contributed by atoms with van der Waals surface area (Å²) in [5, 5.41) is 0.852. The van der Waals surface area contributed by atoms with Crippen LogP contribution in [0.4, 0.5) is 0 Å². The minimum atomic E-state index is -0.324. The van der Waals surface area contributed by atoms with Crippen molar-refractivity contribution in [3.05, 3.63) is 66.2 Å². The van der Waals surface area contributed by atoms with Gasteiger partial charge in [0.2, 0.25) is 5.78 Å². The maximum absolute atomic E-state index is 12.1. The second kappa shape index (κ2) is 5.09. The lowest BCUT2D eigenvalue weighted by molar-refractivity contribution is 0.0879. The smallest absolute Gasteiger partial charge is 0.205 e. The number of hydrogen-bond donors (Lipinski definition) is 0. The third-order valence-corrected chi connectivity index (χ3v) is 3.00. The summed E-state index contributed by atoms with van der Waals surface area (Å²) in [5.41, 5.74) is 1.07. The first-order chi connectivity index (χ1) is 9.74. The van der Waals surface area contributed by atoms with Gasteiger partial charge < -0.3 is 4.42 Å². The molecule has 4 heteroatoms. The van der Waals surface area contributed by atoms with Crippen molar-refractivity contribution in [3.8, 4) is 0 Å². The monoisotopic (exact) mass is 265 g/mol. The van der Waals surface area contributed by atoms with Crippen LogP contribution in [-0.2, 0) is 0 Å². The van der Waals surface area contributed by atoms with Crippen molar-refractivity contribution in [1.29, 1.82) is 0 Å². The van der Waals surface area contributed by atoms with Gasteiger partial charge in [0.15, 0.2) is 11.5 Å². The zero-order chi connectivity index (χ0) is 13.9. The van der Waals surface area contributed by atoms with Gasteiger partial charge in [0.25, 0.3) is 0 Å². The molecule has 98 valence electrons. The maximum Gasteiger partial charge on any atom is 0.205 e. The lowest BCUT2D eigenvalue weighted by Gasteiger charge is -1.97. The lowest BCUT2D eigenvalue weighted by atomic mass is 10.1. The average Bonchev–Trinajstić information content (AvgIpc) is 2.92. The molecule has 0 bridgehead atoms. The topological polar surface area (TPSA) is 60.2 Å². The van der Waals surface area contributed by atoms with Crippen molar-refractivity contribution in [1.82, 2.24) is 4.98 Å². The molecule has 0 atom stereocenters. The molecule has 0 aliphatic carbocycles. The van der Waals surface area contributed by atoms with E-state index in [1.165, 1.54) is 6.20 Å². The van der Waals surface area contributed by atoms with Crippen LogP contribution in [0, 0.1) is 0 Å². The van der Waals surface area contributed by atoms with Gasteiger partial charge in [-0.05, 0) is 24.3 Å². The van der Waals surface area contributed by atoms with Crippen molar-refractivity contribution in [2.75, 3.05) is 0 Å². The molecule has 0 spiro atoms. The van der Waals surface area contributed by atoms with Crippen LogP contribution < -0.4 is 0 Å². The first-order valence-electron chi connectivity index (χ1n) is 6.19. The summed E-state index contributed by atoms with van der Waals surface area (Å²) in [7, 11) is 0. The van der Waals surface area contributed by atoms with E-state index >= 15 is 0 Å². The minimum Gasteiger partial charge on any atom is -0.453 e.